The zero-order chi connectivity index (χ0) is 13.4. The van der Waals surface area contributed by atoms with Crippen molar-refractivity contribution in [2.75, 3.05) is 5.73 Å². The maximum atomic E-state index is 11.5. The summed E-state index contributed by atoms with van der Waals surface area (Å²) in [6.07, 6.45) is 2.10. The lowest BCUT2D eigenvalue weighted by Crippen LogP contribution is -2.10. The number of nitrogen functional groups attached to an aromatic ring is 1. The largest absolute Gasteiger partial charge is 0.437 e. The topological polar surface area (TPSA) is 81.0 Å². The summed E-state index contributed by atoms with van der Waals surface area (Å²) in [6, 6.07) is 6.22. The summed E-state index contributed by atoms with van der Waals surface area (Å²) in [5.41, 5.74) is 5.93. The van der Waals surface area contributed by atoms with Crippen LogP contribution in [0.25, 0.3) is 0 Å². The lowest BCUT2D eigenvalue weighted by Gasteiger charge is -2.08. The molecular formula is C13H12ClN3O2. The Morgan fingerprint density at radius 3 is 2.84 bits per heavy atom. The molecular weight excluding hydrogens is 266 g/mol. The molecule has 0 radical (unpaired) electrons. The highest BCUT2D eigenvalue weighted by Gasteiger charge is 2.26. The molecule has 1 aromatic carbocycles. The lowest BCUT2D eigenvalue weighted by molar-refractivity contribution is 0.457. The molecule has 0 aliphatic heterocycles. The van der Waals surface area contributed by atoms with Crippen molar-refractivity contribution in [1.29, 1.82) is 0 Å². The number of nitrogens with two attached hydrogens (primary N) is 1. The summed E-state index contributed by atoms with van der Waals surface area (Å²) in [4.78, 5) is 18.6. The Morgan fingerprint density at radius 2 is 2.16 bits per heavy atom. The summed E-state index contributed by atoms with van der Waals surface area (Å²) in [7, 11) is 0. The van der Waals surface area contributed by atoms with E-state index in [1.807, 2.05) is 0 Å². The third kappa shape index (κ3) is 2.71. The smallest absolute Gasteiger partial charge is 0.254 e. The minimum absolute atomic E-state index is 0.224. The SMILES string of the molecule is Nc1ccc(Oc2cc(=O)[nH]c(C3CC3)n2)c(Cl)c1. The average Bonchev–Trinajstić information content (AvgIpc) is 3.16. The Bertz CT molecular complexity index is 680. The molecule has 1 aliphatic rings. The molecule has 0 atom stereocenters. The Morgan fingerprint density at radius 1 is 1.37 bits per heavy atom. The molecule has 5 nitrogen and oxygen atoms in total. The minimum atomic E-state index is -0.224. The highest BCUT2D eigenvalue weighted by atomic mass is 35.5. The van der Waals surface area contributed by atoms with Gasteiger partial charge in [-0.1, -0.05) is 11.6 Å². The summed E-state index contributed by atoms with van der Waals surface area (Å²) in [5.74, 6) is 1.69. The second-order valence-corrected chi connectivity index (χ2v) is 4.94. The number of anilines is 1. The normalized spacial score (nSPS) is 14.4. The van der Waals surface area contributed by atoms with Crippen LogP contribution in [0.2, 0.25) is 5.02 Å². The number of hydrogen-bond acceptors (Lipinski definition) is 4. The van der Waals surface area contributed by atoms with Crippen molar-refractivity contribution < 1.29 is 4.74 Å². The third-order valence-corrected chi connectivity index (χ3v) is 3.17. The van der Waals surface area contributed by atoms with Gasteiger partial charge in [0.05, 0.1) is 11.1 Å². The lowest BCUT2D eigenvalue weighted by atomic mass is 10.3. The Balaban J connectivity index is 1.92. The first-order chi connectivity index (χ1) is 9.11. The molecule has 6 heteroatoms. The number of nitrogens with one attached hydrogen (secondary N) is 1. The summed E-state index contributed by atoms with van der Waals surface area (Å²) in [6.45, 7) is 0. The highest BCUT2D eigenvalue weighted by Crippen LogP contribution is 2.38. The van der Waals surface area contributed by atoms with Crippen molar-refractivity contribution in [2.24, 2.45) is 0 Å². The van der Waals surface area contributed by atoms with Crippen LogP contribution >= 0.6 is 11.6 Å². The van der Waals surface area contributed by atoms with Gasteiger partial charge in [-0.2, -0.15) is 4.98 Å². The van der Waals surface area contributed by atoms with Crippen molar-refractivity contribution in [1.82, 2.24) is 9.97 Å². The van der Waals surface area contributed by atoms with E-state index in [1.54, 1.807) is 18.2 Å². The maximum Gasteiger partial charge on any atom is 0.254 e. The van der Waals surface area contributed by atoms with E-state index in [0.29, 0.717) is 28.2 Å². The van der Waals surface area contributed by atoms with Crippen LogP contribution in [0.15, 0.2) is 29.1 Å². The number of benzene rings is 1. The Hall–Kier alpha value is -2.01. The van der Waals surface area contributed by atoms with Crippen LogP contribution in [0.1, 0.15) is 24.6 Å². The van der Waals surface area contributed by atoms with Crippen LogP contribution in [-0.4, -0.2) is 9.97 Å². The number of rotatable bonds is 3. The predicted octanol–water partition coefficient (Wildman–Crippen LogP) is 2.68. The van der Waals surface area contributed by atoms with E-state index in [2.05, 4.69) is 9.97 Å². The summed E-state index contributed by atoms with van der Waals surface area (Å²) < 4.78 is 5.54. The molecule has 2 aromatic rings. The first-order valence-corrected chi connectivity index (χ1v) is 6.34. The fourth-order valence-corrected chi connectivity index (χ4v) is 2.00. The Labute approximate surface area is 114 Å². The number of ether oxygens (including phenoxy) is 1. The summed E-state index contributed by atoms with van der Waals surface area (Å²) in [5, 5.41) is 0.384. The van der Waals surface area contributed by atoms with Gasteiger partial charge < -0.3 is 15.5 Å². The fraction of sp³-hybridized carbons (Fsp3) is 0.231. The van der Waals surface area contributed by atoms with Gasteiger partial charge >= 0.3 is 0 Å². The molecule has 19 heavy (non-hydrogen) atoms. The zero-order valence-electron chi connectivity index (χ0n) is 10.0. The van der Waals surface area contributed by atoms with Crippen LogP contribution in [0, 0.1) is 0 Å². The van der Waals surface area contributed by atoms with Crippen molar-refractivity contribution in [3.63, 3.8) is 0 Å². The van der Waals surface area contributed by atoms with Gasteiger partial charge in [-0.3, -0.25) is 4.79 Å². The van der Waals surface area contributed by atoms with Gasteiger partial charge in [0, 0.05) is 11.6 Å². The second kappa shape index (κ2) is 4.59. The van der Waals surface area contributed by atoms with E-state index >= 15 is 0 Å². The van der Waals surface area contributed by atoms with Crippen LogP contribution in [0.3, 0.4) is 0 Å². The molecule has 98 valence electrons. The first kappa shape index (κ1) is 12.0. The number of halogens is 1. The van der Waals surface area contributed by atoms with Crippen LogP contribution in [-0.2, 0) is 0 Å². The van der Waals surface area contributed by atoms with Crippen LogP contribution in [0.4, 0.5) is 5.69 Å². The average molecular weight is 278 g/mol. The van der Waals surface area contributed by atoms with E-state index in [4.69, 9.17) is 22.1 Å². The molecule has 0 spiro atoms. The van der Waals surface area contributed by atoms with E-state index in [1.165, 1.54) is 6.07 Å². The highest BCUT2D eigenvalue weighted by molar-refractivity contribution is 6.32. The number of nitrogens with zero attached hydrogens (tertiary/aromatic N) is 1. The monoisotopic (exact) mass is 277 g/mol. The van der Waals surface area contributed by atoms with Gasteiger partial charge in [-0.15, -0.1) is 0 Å². The fourth-order valence-electron chi connectivity index (χ4n) is 1.77. The molecule has 3 rings (SSSR count). The van der Waals surface area contributed by atoms with Gasteiger partial charge in [0.1, 0.15) is 11.6 Å². The van der Waals surface area contributed by atoms with E-state index in [0.717, 1.165) is 12.8 Å². The minimum Gasteiger partial charge on any atom is -0.437 e. The predicted molar refractivity (Wildman–Crippen MR) is 72.8 cm³/mol. The van der Waals surface area contributed by atoms with Gasteiger partial charge in [0.25, 0.3) is 5.56 Å². The van der Waals surface area contributed by atoms with E-state index in [-0.39, 0.29) is 11.4 Å². The van der Waals surface area contributed by atoms with Crippen molar-refractivity contribution >= 4 is 17.3 Å². The maximum absolute atomic E-state index is 11.5. The molecule has 1 heterocycles. The molecule has 1 saturated carbocycles. The molecule has 3 N–H and O–H groups in total. The van der Waals surface area contributed by atoms with Crippen LogP contribution in [0.5, 0.6) is 11.6 Å². The number of aromatic nitrogens is 2. The van der Waals surface area contributed by atoms with E-state index in [9.17, 15) is 4.79 Å². The third-order valence-electron chi connectivity index (χ3n) is 2.87. The zero-order valence-corrected chi connectivity index (χ0v) is 10.8. The number of aromatic amines is 1. The van der Waals surface area contributed by atoms with Gasteiger partial charge in [0.2, 0.25) is 5.88 Å². The van der Waals surface area contributed by atoms with E-state index < -0.39 is 0 Å². The molecule has 0 unspecified atom stereocenters. The van der Waals surface area contributed by atoms with Gasteiger partial charge in [-0.05, 0) is 31.0 Å². The van der Waals surface area contributed by atoms with Crippen molar-refractivity contribution in [3.8, 4) is 11.6 Å². The number of H-pyrrole nitrogens is 1. The molecule has 1 fully saturated rings. The molecule has 1 aromatic heterocycles. The summed E-state index contributed by atoms with van der Waals surface area (Å²) >= 11 is 6.02. The molecule has 1 aliphatic carbocycles. The van der Waals surface area contributed by atoms with Crippen LogP contribution < -0.4 is 16.0 Å². The van der Waals surface area contributed by atoms with Crippen molar-refractivity contribution in [2.45, 2.75) is 18.8 Å². The number of hydrogen-bond donors (Lipinski definition) is 2. The quantitative estimate of drug-likeness (QED) is 0.845. The Kier molecular flexibility index (Phi) is 2.91. The van der Waals surface area contributed by atoms with Crippen molar-refractivity contribution in [3.05, 3.63) is 45.5 Å². The standard InChI is InChI=1S/C13H12ClN3O2/c14-9-5-8(15)3-4-10(9)19-12-6-11(18)16-13(17-12)7-1-2-7/h3-7H,1-2,15H2,(H,16,17,18). The molecule has 0 saturated heterocycles. The van der Waals surface area contributed by atoms with Gasteiger partial charge in [0.15, 0.2) is 0 Å². The molecule has 0 amide bonds. The first-order valence-electron chi connectivity index (χ1n) is 5.96. The molecule has 0 bridgehead atoms. The second-order valence-electron chi connectivity index (χ2n) is 4.54. The van der Waals surface area contributed by atoms with Gasteiger partial charge in [-0.25, -0.2) is 0 Å².